The number of aliphatic hydroxyl groups excluding tert-OH is 2. The zero-order valence-corrected chi connectivity index (χ0v) is 21.8. The number of carbonyl (C=O) groups excluding carboxylic acids is 4. The van der Waals surface area contributed by atoms with Crippen molar-refractivity contribution in [1.29, 1.82) is 0 Å². The summed E-state index contributed by atoms with van der Waals surface area (Å²) in [6.07, 6.45) is 0.346. The van der Waals surface area contributed by atoms with Crippen LogP contribution in [0.3, 0.4) is 0 Å². The predicted octanol–water partition coefficient (Wildman–Crippen LogP) is -0.467. The Hall–Kier alpha value is -3.54. The molecule has 0 aromatic heterocycles. The van der Waals surface area contributed by atoms with E-state index in [1.165, 1.54) is 25.1 Å². The van der Waals surface area contributed by atoms with E-state index in [1.807, 2.05) is 0 Å². The quantitative estimate of drug-likeness (QED) is 0.0956. The summed E-state index contributed by atoms with van der Waals surface area (Å²) >= 11 is 6.16. The number of hydrogen-bond acceptors (Lipinski definition) is 11. The van der Waals surface area contributed by atoms with E-state index in [1.54, 1.807) is 0 Å². The molecule has 0 radical (unpaired) electrons. The standard InChI is InChI=1S/C22H22ClN3O8.H2O4S/c1-26(2)15-9-4-7-3-8-5-10(23)14(25-6-27)17(29)11(8)16(28)12(7)19(31)22(9,34)20(32)13(18(15)30)21(24)33;1-5(2,3)4/h5-7,9,15,28-29,32,34H,3-4H2,1-2H3,(H2,24,33)(H,25,27);(H2,1,2,3,4)/t7?,9?,15-,22-;/m0./s1. The first-order valence-electron chi connectivity index (χ1n) is 11.0. The van der Waals surface area contributed by atoms with Gasteiger partial charge in [-0.1, -0.05) is 11.6 Å². The van der Waals surface area contributed by atoms with E-state index in [9.17, 15) is 39.6 Å². The Morgan fingerprint density at radius 3 is 2.28 bits per heavy atom. The molecule has 212 valence electrons. The van der Waals surface area contributed by atoms with Crippen molar-refractivity contribution in [3.8, 4) is 5.75 Å². The normalized spacial score (nSPS) is 26.3. The molecule has 0 spiro atoms. The summed E-state index contributed by atoms with van der Waals surface area (Å²) in [6.45, 7) is 0. The summed E-state index contributed by atoms with van der Waals surface area (Å²) in [5, 5.41) is 46.2. The topological polar surface area (TPSA) is 265 Å². The number of nitrogens with one attached hydrogen (secondary N) is 1. The number of amides is 2. The van der Waals surface area contributed by atoms with Crippen molar-refractivity contribution in [1.82, 2.24) is 4.90 Å². The minimum atomic E-state index is -4.67. The number of nitrogens with zero attached hydrogens (tertiary/aromatic N) is 1. The first-order chi connectivity index (χ1) is 17.9. The SMILES string of the molecule is CN(C)[C@@H]1C(=O)C(C(N)=O)=C(O)[C@@]2(O)C(=O)C3=C(O)c4c(cc(Cl)c(NC=O)c4O)CC3CC12.O=S(=O)(O)O. The van der Waals surface area contributed by atoms with Crippen LogP contribution in [0.2, 0.25) is 5.02 Å². The molecular formula is C22H24ClN3O12S. The molecule has 9 N–H and O–H groups in total. The average molecular weight is 590 g/mol. The Balaban J connectivity index is 0.000000771. The number of likely N-dealkylation sites (N-methyl/N-ethyl adjacent to an activating group) is 1. The number of rotatable bonds is 4. The number of fused-ring (bicyclic) bond motifs is 3. The fraction of sp³-hybridized carbons (Fsp3) is 0.364. The summed E-state index contributed by atoms with van der Waals surface area (Å²) in [5.41, 5.74) is 1.43. The molecule has 2 amide bonds. The highest BCUT2D eigenvalue weighted by Crippen LogP contribution is 2.53. The molecule has 0 aliphatic heterocycles. The Morgan fingerprint density at radius 2 is 1.79 bits per heavy atom. The molecule has 1 aromatic rings. The van der Waals surface area contributed by atoms with Crippen molar-refractivity contribution in [3.05, 3.63) is 39.1 Å². The first kappa shape index (κ1) is 30.0. The molecule has 1 fully saturated rings. The second-order valence-electron chi connectivity index (χ2n) is 9.29. The zero-order chi connectivity index (χ0) is 29.8. The Labute approximate surface area is 225 Å². The van der Waals surface area contributed by atoms with Gasteiger partial charge in [-0.2, -0.15) is 8.42 Å². The van der Waals surface area contributed by atoms with Crippen LogP contribution in [-0.2, 0) is 36.0 Å². The fourth-order valence-corrected chi connectivity index (χ4v) is 5.74. The highest BCUT2D eigenvalue weighted by atomic mass is 35.5. The third kappa shape index (κ3) is 4.97. The van der Waals surface area contributed by atoms with E-state index in [-0.39, 0.29) is 41.1 Å². The molecule has 3 aliphatic carbocycles. The second kappa shape index (κ2) is 10.2. The van der Waals surface area contributed by atoms with Crippen molar-refractivity contribution >= 4 is 57.3 Å². The highest BCUT2D eigenvalue weighted by Gasteiger charge is 2.64. The van der Waals surface area contributed by atoms with E-state index in [0.717, 1.165) is 0 Å². The van der Waals surface area contributed by atoms with Crippen LogP contribution in [0.25, 0.3) is 5.76 Å². The Bertz CT molecular complexity index is 1460. The van der Waals surface area contributed by atoms with Gasteiger partial charge >= 0.3 is 10.4 Å². The van der Waals surface area contributed by atoms with Gasteiger partial charge in [0.15, 0.2) is 17.1 Å². The number of aliphatic hydroxyl groups is 3. The van der Waals surface area contributed by atoms with Gasteiger partial charge in [0, 0.05) is 11.5 Å². The van der Waals surface area contributed by atoms with Gasteiger partial charge in [-0.05, 0) is 44.5 Å². The number of hydrogen-bond donors (Lipinski definition) is 8. The summed E-state index contributed by atoms with van der Waals surface area (Å²) in [5.74, 6) is -7.52. The monoisotopic (exact) mass is 589 g/mol. The number of halogens is 1. The number of ketones is 2. The molecular weight excluding hydrogens is 566 g/mol. The molecule has 4 atom stereocenters. The largest absolute Gasteiger partial charge is 0.508 e. The molecule has 0 saturated heterocycles. The molecule has 3 aliphatic rings. The van der Waals surface area contributed by atoms with Crippen LogP contribution >= 0.6 is 11.6 Å². The number of primary amides is 1. The number of carbonyl (C=O) groups is 4. The van der Waals surface area contributed by atoms with Crippen molar-refractivity contribution in [3.63, 3.8) is 0 Å². The molecule has 0 heterocycles. The van der Waals surface area contributed by atoms with Crippen LogP contribution < -0.4 is 11.1 Å². The molecule has 2 unspecified atom stereocenters. The van der Waals surface area contributed by atoms with Gasteiger partial charge in [0.1, 0.15) is 22.8 Å². The van der Waals surface area contributed by atoms with Gasteiger partial charge in [-0.15, -0.1) is 0 Å². The van der Waals surface area contributed by atoms with Crippen molar-refractivity contribution < 1.29 is 57.1 Å². The Kier molecular flexibility index (Phi) is 7.86. The maximum atomic E-state index is 13.7. The number of anilines is 1. The average Bonchev–Trinajstić information content (AvgIpc) is 2.77. The van der Waals surface area contributed by atoms with Gasteiger partial charge in [-0.3, -0.25) is 33.2 Å². The lowest BCUT2D eigenvalue weighted by molar-refractivity contribution is -0.153. The Morgan fingerprint density at radius 1 is 1.23 bits per heavy atom. The fourth-order valence-electron chi connectivity index (χ4n) is 5.46. The van der Waals surface area contributed by atoms with Gasteiger partial charge in [0.25, 0.3) is 5.91 Å². The van der Waals surface area contributed by atoms with Gasteiger partial charge in [-0.25, -0.2) is 0 Å². The van der Waals surface area contributed by atoms with E-state index in [2.05, 4.69) is 5.32 Å². The van der Waals surface area contributed by atoms with Crippen LogP contribution in [-0.4, -0.2) is 92.5 Å². The maximum Gasteiger partial charge on any atom is 0.394 e. The smallest absolute Gasteiger partial charge is 0.394 e. The first-order valence-corrected chi connectivity index (χ1v) is 12.7. The van der Waals surface area contributed by atoms with Gasteiger partial charge < -0.3 is 31.5 Å². The lowest BCUT2D eigenvalue weighted by atomic mass is 9.57. The van der Waals surface area contributed by atoms with Crippen LogP contribution in [0.5, 0.6) is 5.75 Å². The molecule has 15 nitrogen and oxygen atoms in total. The van der Waals surface area contributed by atoms with E-state index >= 15 is 0 Å². The van der Waals surface area contributed by atoms with Crippen LogP contribution in [0, 0.1) is 11.8 Å². The van der Waals surface area contributed by atoms with Crippen LogP contribution in [0.1, 0.15) is 17.5 Å². The van der Waals surface area contributed by atoms with Crippen LogP contribution in [0.4, 0.5) is 5.69 Å². The maximum absolute atomic E-state index is 13.7. The third-order valence-electron chi connectivity index (χ3n) is 6.87. The molecule has 39 heavy (non-hydrogen) atoms. The summed E-state index contributed by atoms with van der Waals surface area (Å²) in [6, 6.07) is 0.271. The summed E-state index contributed by atoms with van der Waals surface area (Å²) in [4.78, 5) is 50.9. The lowest BCUT2D eigenvalue weighted by Gasteiger charge is -2.50. The van der Waals surface area contributed by atoms with E-state index in [0.29, 0.717) is 5.56 Å². The number of benzene rings is 1. The molecule has 1 saturated carbocycles. The summed E-state index contributed by atoms with van der Waals surface area (Å²) in [7, 11) is -1.63. The molecule has 17 heteroatoms. The van der Waals surface area contributed by atoms with Crippen molar-refractivity contribution in [2.45, 2.75) is 24.5 Å². The lowest BCUT2D eigenvalue weighted by Crippen LogP contribution is -2.65. The number of aromatic hydroxyl groups is 1. The number of phenolic OH excluding ortho intramolecular Hbond substituents is 1. The second-order valence-corrected chi connectivity index (χ2v) is 10.6. The molecule has 1 aromatic carbocycles. The number of nitrogens with two attached hydrogens (primary N) is 1. The zero-order valence-electron chi connectivity index (χ0n) is 20.2. The third-order valence-corrected chi connectivity index (χ3v) is 7.16. The van der Waals surface area contributed by atoms with Gasteiger partial charge in [0.05, 0.1) is 16.6 Å². The number of phenols is 1. The van der Waals surface area contributed by atoms with E-state index in [4.69, 9.17) is 34.9 Å². The molecule has 0 bridgehead atoms. The highest BCUT2D eigenvalue weighted by molar-refractivity contribution is 7.79. The minimum absolute atomic E-state index is 0.00364. The summed E-state index contributed by atoms with van der Waals surface area (Å²) < 4.78 is 31.6. The molecule has 4 rings (SSSR count). The van der Waals surface area contributed by atoms with Crippen LogP contribution in [0.15, 0.2) is 23.0 Å². The minimum Gasteiger partial charge on any atom is -0.508 e. The van der Waals surface area contributed by atoms with Crippen molar-refractivity contribution in [2.75, 3.05) is 19.4 Å². The van der Waals surface area contributed by atoms with Gasteiger partial charge in [0.2, 0.25) is 12.2 Å². The van der Waals surface area contributed by atoms with E-state index < -0.39 is 74.2 Å². The number of Topliss-reactive ketones (excluding diaryl/α,β-unsaturated/α-hetero) is 2. The predicted molar refractivity (Wildman–Crippen MR) is 133 cm³/mol. The van der Waals surface area contributed by atoms with Crippen molar-refractivity contribution in [2.24, 2.45) is 17.6 Å².